The fraction of sp³-hybridized carbons (Fsp3) is 0.200. The summed E-state index contributed by atoms with van der Waals surface area (Å²) in [7, 11) is 0. The van der Waals surface area contributed by atoms with Crippen LogP contribution in [0.5, 0.6) is 0 Å². The second-order valence-corrected chi connectivity index (χ2v) is 6.04. The number of thiazole rings is 1. The predicted molar refractivity (Wildman–Crippen MR) is 85.7 cm³/mol. The van der Waals surface area contributed by atoms with Crippen LogP contribution in [-0.4, -0.2) is 22.5 Å². The molecular weight excluding hydrogens is 300 g/mol. The third-order valence-electron chi connectivity index (χ3n) is 3.23. The SMILES string of the molecule is Cc1sc(NC(=O)C2=NNC(=O)CC2)nc1-c1ccccc1. The van der Waals surface area contributed by atoms with Gasteiger partial charge in [-0.1, -0.05) is 30.3 Å². The maximum atomic E-state index is 12.1. The zero-order chi connectivity index (χ0) is 15.5. The van der Waals surface area contributed by atoms with Crippen LogP contribution in [0.3, 0.4) is 0 Å². The van der Waals surface area contributed by atoms with E-state index in [2.05, 4.69) is 20.8 Å². The van der Waals surface area contributed by atoms with Gasteiger partial charge in [0.25, 0.3) is 5.91 Å². The number of benzene rings is 1. The van der Waals surface area contributed by atoms with Crippen molar-refractivity contribution in [2.24, 2.45) is 5.10 Å². The number of carbonyl (C=O) groups is 2. The van der Waals surface area contributed by atoms with E-state index in [0.717, 1.165) is 16.1 Å². The summed E-state index contributed by atoms with van der Waals surface area (Å²) >= 11 is 1.42. The Morgan fingerprint density at radius 1 is 1.27 bits per heavy atom. The number of carbonyl (C=O) groups excluding carboxylic acids is 2. The summed E-state index contributed by atoms with van der Waals surface area (Å²) in [4.78, 5) is 28.6. The molecule has 1 aliphatic rings. The van der Waals surface area contributed by atoms with Gasteiger partial charge in [0, 0.05) is 23.3 Å². The lowest BCUT2D eigenvalue weighted by Crippen LogP contribution is -2.32. The minimum atomic E-state index is -0.326. The van der Waals surface area contributed by atoms with Crippen LogP contribution < -0.4 is 10.7 Å². The van der Waals surface area contributed by atoms with Crippen molar-refractivity contribution in [1.29, 1.82) is 0 Å². The van der Waals surface area contributed by atoms with Crippen molar-refractivity contribution in [2.75, 3.05) is 5.32 Å². The summed E-state index contributed by atoms with van der Waals surface area (Å²) in [5.41, 5.74) is 4.50. The van der Waals surface area contributed by atoms with E-state index in [-0.39, 0.29) is 18.2 Å². The number of rotatable bonds is 3. The third kappa shape index (κ3) is 3.04. The van der Waals surface area contributed by atoms with E-state index in [0.29, 0.717) is 17.3 Å². The van der Waals surface area contributed by atoms with Gasteiger partial charge < -0.3 is 0 Å². The highest BCUT2D eigenvalue weighted by Crippen LogP contribution is 2.30. The summed E-state index contributed by atoms with van der Waals surface area (Å²) in [6.07, 6.45) is 0.617. The zero-order valence-electron chi connectivity index (χ0n) is 11.9. The summed E-state index contributed by atoms with van der Waals surface area (Å²) < 4.78 is 0. The minimum Gasteiger partial charge on any atom is -0.297 e. The molecule has 0 saturated heterocycles. The maximum absolute atomic E-state index is 12.1. The van der Waals surface area contributed by atoms with E-state index in [1.807, 2.05) is 37.3 Å². The average molecular weight is 314 g/mol. The van der Waals surface area contributed by atoms with Crippen LogP contribution in [0.25, 0.3) is 11.3 Å². The number of hydrogen-bond donors (Lipinski definition) is 2. The Bertz CT molecular complexity index is 752. The number of hydrazone groups is 1. The molecule has 0 bridgehead atoms. The Morgan fingerprint density at radius 2 is 2.05 bits per heavy atom. The van der Waals surface area contributed by atoms with Gasteiger partial charge in [0.15, 0.2) is 5.13 Å². The molecule has 1 aliphatic heterocycles. The topological polar surface area (TPSA) is 83.5 Å². The first-order chi connectivity index (χ1) is 10.6. The highest BCUT2D eigenvalue weighted by molar-refractivity contribution is 7.16. The van der Waals surface area contributed by atoms with E-state index < -0.39 is 0 Å². The Morgan fingerprint density at radius 3 is 2.73 bits per heavy atom. The molecular formula is C15H14N4O2S. The van der Waals surface area contributed by atoms with Gasteiger partial charge in [-0.2, -0.15) is 5.10 Å². The van der Waals surface area contributed by atoms with Gasteiger partial charge in [-0.3, -0.25) is 14.9 Å². The van der Waals surface area contributed by atoms with Crippen molar-refractivity contribution in [3.05, 3.63) is 35.2 Å². The van der Waals surface area contributed by atoms with Crippen LogP contribution in [0.1, 0.15) is 17.7 Å². The van der Waals surface area contributed by atoms with E-state index in [1.54, 1.807) is 0 Å². The van der Waals surface area contributed by atoms with Gasteiger partial charge in [0.2, 0.25) is 5.91 Å². The number of hydrogen-bond acceptors (Lipinski definition) is 5. The first kappa shape index (κ1) is 14.4. The molecule has 2 amide bonds. The molecule has 1 aromatic carbocycles. The Hall–Kier alpha value is -2.54. The van der Waals surface area contributed by atoms with E-state index in [9.17, 15) is 9.59 Å². The minimum absolute atomic E-state index is 0.173. The lowest BCUT2D eigenvalue weighted by Gasteiger charge is -2.10. The van der Waals surface area contributed by atoms with Crippen LogP contribution in [-0.2, 0) is 9.59 Å². The molecule has 1 aromatic heterocycles. The predicted octanol–water partition coefficient (Wildman–Crippen LogP) is 2.32. The molecule has 0 unspecified atom stereocenters. The first-order valence-corrected chi connectivity index (χ1v) is 7.65. The second-order valence-electron chi connectivity index (χ2n) is 4.84. The number of aryl methyl sites for hydroxylation is 1. The van der Waals surface area contributed by atoms with Crippen LogP contribution in [0.2, 0.25) is 0 Å². The molecule has 0 spiro atoms. The summed E-state index contributed by atoms with van der Waals surface area (Å²) in [5, 5.41) is 7.05. The fourth-order valence-electron chi connectivity index (χ4n) is 2.12. The van der Waals surface area contributed by atoms with Gasteiger partial charge in [0.1, 0.15) is 5.71 Å². The molecule has 0 saturated carbocycles. The fourth-order valence-corrected chi connectivity index (χ4v) is 2.95. The van der Waals surface area contributed by atoms with E-state index in [4.69, 9.17) is 0 Å². The molecule has 112 valence electrons. The monoisotopic (exact) mass is 314 g/mol. The van der Waals surface area contributed by atoms with Crippen molar-refractivity contribution < 1.29 is 9.59 Å². The summed E-state index contributed by atoms with van der Waals surface area (Å²) in [6.45, 7) is 1.97. The number of aromatic nitrogens is 1. The average Bonchev–Trinajstić information content (AvgIpc) is 2.89. The van der Waals surface area contributed by atoms with Crippen LogP contribution in [0, 0.1) is 6.92 Å². The molecule has 2 aromatic rings. The Labute approximate surface area is 131 Å². The highest BCUT2D eigenvalue weighted by atomic mass is 32.1. The second kappa shape index (κ2) is 6.07. The highest BCUT2D eigenvalue weighted by Gasteiger charge is 2.20. The Balaban J connectivity index is 1.77. The lowest BCUT2D eigenvalue weighted by atomic mass is 10.1. The van der Waals surface area contributed by atoms with Gasteiger partial charge in [0.05, 0.1) is 5.69 Å². The molecule has 22 heavy (non-hydrogen) atoms. The van der Waals surface area contributed by atoms with Crippen molar-refractivity contribution in [3.63, 3.8) is 0 Å². The molecule has 3 rings (SSSR count). The number of anilines is 1. The molecule has 0 fully saturated rings. The molecule has 0 radical (unpaired) electrons. The maximum Gasteiger partial charge on any atom is 0.273 e. The van der Waals surface area contributed by atoms with Crippen LogP contribution >= 0.6 is 11.3 Å². The molecule has 7 heteroatoms. The van der Waals surface area contributed by atoms with Crippen molar-refractivity contribution in [3.8, 4) is 11.3 Å². The molecule has 0 atom stereocenters. The molecule has 2 heterocycles. The molecule has 6 nitrogen and oxygen atoms in total. The smallest absolute Gasteiger partial charge is 0.273 e. The van der Waals surface area contributed by atoms with E-state index in [1.165, 1.54) is 11.3 Å². The summed E-state index contributed by atoms with van der Waals surface area (Å²) in [6, 6.07) is 9.81. The van der Waals surface area contributed by atoms with Crippen LogP contribution in [0.4, 0.5) is 5.13 Å². The van der Waals surface area contributed by atoms with E-state index >= 15 is 0 Å². The molecule has 0 aliphatic carbocycles. The quantitative estimate of drug-likeness (QED) is 0.912. The van der Waals surface area contributed by atoms with Gasteiger partial charge in [-0.25, -0.2) is 10.4 Å². The van der Waals surface area contributed by atoms with Crippen molar-refractivity contribution in [1.82, 2.24) is 10.4 Å². The standard InChI is InChI=1S/C15H14N4O2S/c1-9-13(10-5-3-2-4-6-10)16-15(22-9)17-14(21)11-7-8-12(20)19-18-11/h2-6H,7-8H2,1H3,(H,19,20)(H,16,17,21). The third-order valence-corrected chi connectivity index (χ3v) is 4.12. The van der Waals surface area contributed by atoms with Gasteiger partial charge in [-0.05, 0) is 6.92 Å². The number of amides is 2. The number of nitrogens with zero attached hydrogens (tertiary/aromatic N) is 2. The van der Waals surface area contributed by atoms with Gasteiger partial charge in [-0.15, -0.1) is 11.3 Å². The van der Waals surface area contributed by atoms with Crippen molar-refractivity contribution in [2.45, 2.75) is 19.8 Å². The summed E-state index contributed by atoms with van der Waals surface area (Å²) in [5.74, 6) is -0.499. The number of nitrogens with one attached hydrogen (secondary N) is 2. The Kier molecular flexibility index (Phi) is 3.97. The normalized spacial score (nSPS) is 14.2. The molecule has 2 N–H and O–H groups in total. The zero-order valence-corrected chi connectivity index (χ0v) is 12.7. The van der Waals surface area contributed by atoms with Crippen molar-refractivity contribution >= 4 is 34.0 Å². The largest absolute Gasteiger partial charge is 0.297 e. The van der Waals surface area contributed by atoms with Crippen LogP contribution in [0.15, 0.2) is 35.4 Å². The lowest BCUT2D eigenvalue weighted by molar-refractivity contribution is -0.121. The first-order valence-electron chi connectivity index (χ1n) is 6.83. The van der Waals surface area contributed by atoms with Gasteiger partial charge >= 0.3 is 0 Å².